The van der Waals surface area contributed by atoms with Crippen LogP contribution in [-0.4, -0.2) is 16.9 Å². The first-order valence-electron chi connectivity index (χ1n) is 14.4. The lowest BCUT2D eigenvalue weighted by atomic mass is 10.0. The highest BCUT2D eigenvalue weighted by Crippen LogP contribution is 2.28. The van der Waals surface area contributed by atoms with Crippen LogP contribution in [0.5, 0.6) is 5.75 Å². The molecule has 6 nitrogen and oxygen atoms in total. The summed E-state index contributed by atoms with van der Waals surface area (Å²) in [5.74, 6) is 0.298. The number of carbonyl (C=O) groups excluding carboxylic acids is 1. The van der Waals surface area contributed by atoms with Gasteiger partial charge in [0.25, 0.3) is 11.6 Å². The van der Waals surface area contributed by atoms with Crippen LogP contribution in [0.2, 0.25) is 5.02 Å². The molecule has 1 atom stereocenters. The van der Waals surface area contributed by atoms with E-state index >= 15 is 0 Å². The Balaban J connectivity index is 1.68. The van der Waals surface area contributed by atoms with Gasteiger partial charge in [0, 0.05) is 11.8 Å². The molecule has 0 radical (unpaired) electrons. The quantitative estimate of drug-likeness (QED) is 0.102. The molecule has 0 aliphatic rings. The van der Waals surface area contributed by atoms with Crippen LogP contribution in [0.3, 0.4) is 0 Å². The minimum Gasteiger partial charge on any atom is -0.481 e. The highest BCUT2D eigenvalue weighted by atomic mass is 35.5. The second-order valence-corrected chi connectivity index (χ2v) is 10.5. The van der Waals surface area contributed by atoms with Gasteiger partial charge in [-0.05, 0) is 49.1 Å². The highest BCUT2D eigenvalue weighted by Gasteiger charge is 2.20. The molecular weight excluding hydrogens is 500 g/mol. The number of hydrogen-bond donors (Lipinski definition) is 1. The van der Waals surface area contributed by atoms with E-state index in [0.717, 1.165) is 12.8 Å². The van der Waals surface area contributed by atoms with Gasteiger partial charge in [-0.15, -0.1) is 0 Å². The van der Waals surface area contributed by atoms with E-state index in [-0.39, 0.29) is 16.6 Å². The summed E-state index contributed by atoms with van der Waals surface area (Å²) < 4.78 is 5.99. The van der Waals surface area contributed by atoms with E-state index in [1.165, 1.54) is 101 Å². The Morgan fingerprint density at radius 3 is 2.08 bits per heavy atom. The van der Waals surface area contributed by atoms with E-state index in [0.29, 0.717) is 17.9 Å². The molecule has 38 heavy (non-hydrogen) atoms. The molecule has 2 aromatic rings. The Morgan fingerprint density at radius 1 is 0.895 bits per heavy atom. The Kier molecular flexibility index (Phi) is 15.5. The molecule has 2 aromatic carbocycles. The first kappa shape index (κ1) is 31.6. The van der Waals surface area contributed by atoms with Crippen molar-refractivity contribution in [3.8, 4) is 5.75 Å². The van der Waals surface area contributed by atoms with Crippen LogP contribution in [-0.2, 0) is 11.2 Å². The average Bonchev–Trinajstić information content (AvgIpc) is 2.91. The van der Waals surface area contributed by atoms with Gasteiger partial charge >= 0.3 is 0 Å². The molecule has 0 spiro atoms. The number of benzene rings is 2. The number of anilines is 1. The van der Waals surface area contributed by atoms with Crippen LogP contribution in [0.25, 0.3) is 0 Å². The van der Waals surface area contributed by atoms with Crippen LogP contribution in [0.4, 0.5) is 11.4 Å². The zero-order valence-electron chi connectivity index (χ0n) is 23.2. The molecule has 0 aromatic heterocycles. The minimum atomic E-state index is -0.712. The number of ether oxygens (including phenoxy) is 1. The van der Waals surface area contributed by atoms with E-state index in [1.807, 2.05) is 25.1 Å². The molecule has 210 valence electrons. The molecular formula is C31H45ClN2O4. The predicted octanol–water partition coefficient (Wildman–Crippen LogP) is 9.68. The van der Waals surface area contributed by atoms with Gasteiger partial charge in [0.15, 0.2) is 6.10 Å². The van der Waals surface area contributed by atoms with Gasteiger partial charge in [-0.25, -0.2) is 0 Å². The zero-order chi connectivity index (χ0) is 27.6. The van der Waals surface area contributed by atoms with Gasteiger partial charge in [-0.2, -0.15) is 0 Å². The van der Waals surface area contributed by atoms with Crippen LogP contribution in [0.1, 0.15) is 109 Å². The molecule has 7 heteroatoms. The average molecular weight is 545 g/mol. The van der Waals surface area contributed by atoms with Gasteiger partial charge in [0.2, 0.25) is 0 Å². The van der Waals surface area contributed by atoms with Crippen molar-refractivity contribution < 1.29 is 14.5 Å². The Hall–Kier alpha value is -2.60. The number of nitrogens with one attached hydrogen (secondary N) is 1. The first-order chi connectivity index (χ1) is 18.4. The predicted molar refractivity (Wildman–Crippen MR) is 157 cm³/mol. The molecule has 0 fully saturated rings. The number of nitro groups is 1. The Labute approximate surface area is 233 Å². The van der Waals surface area contributed by atoms with Crippen molar-refractivity contribution in [2.75, 3.05) is 5.32 Å². The lowest BCUT2D eigenvalue weighted by Gasteiger charge is -2.18. The van der Waals surface area contributed by atoms with Crippen LogP contribution in [0.15, 0.2) is 42.5 Å². The molecule has 2 rings (SSSR count). The van der Waals surface area contributed by atoms with E-state index in [2.05, 4.69) is 18.3 Å². The summed E-state index contributed by atoms with van der Waals surface area (Å²) in [4.78, 5) is 23.3. The summed E-state index contributed by atoms with van der Waals surface area (Å²) >= 11 is 5.86. The molecule has 0 heterocycles. The van der Waals surface area contributed by atoms with Gasteiger partial charge in [0.05, 0.1) is 4.92 Å². The topological polar surface area (TPSA) is 81.5 Å². The number of hydrogen-bond acceptors (Lipinski definition) is 4. The van der Waals surface area contributed by atoms with Crippen LogP contribution < -0.4 is 10.1 Å². The third-order valence-corrected chi connectivity index (χ3v) is 7.14. The van der Waals surface area contributed by atoms with Crippen molar-refractivity contribution in [3.05, 3.63) is 63.2 Å². The number of carbonyl (C=O) groups is 1. The molecule has 1 N–H and O–H groups in total. The number of aryl methyl sites for hydroxylation is 1. The molecule has 0 aliphatic heterocycles. The fourth-order valence-electron chi connectivity index (χ4n) is 4.56. The van der Waals surface area contributed by atoms with Crippen molar-refractivity contribution in [1.82, 2.24) is 0 Å². The van der Waals surface area contributed by atoms with E-state index in [9.17, 15) is 14.9 Å². The lowest BCUT2D eigenvalue weighted by molar-refractivity contribution is -0.384. The number of nitrogens with zero attached hydrogens (tertiary/aromatic N) is 1. The number of nitro benzene ring substituents is 1. The third-order valence-electron chi connectivity index (χ3n) is 6.82. The van der Waals surface area contributed by atoms with Gasteiger partial charge < -0.3 is 10.1 Å². The maximum absolute atomic E-state index is 12.8. The Bertz CT molecular complexity index is 982. The van der Waals surface area contributed by atoms with Crippen molar-refractivity contribution in [1.29, 1.82) is 0 Å². The van der Waals surface area contributed by atoms with Crippen LogP contribution >= 0.6 is 11.6 Å². The summed E-state index contributed by atoms with van der Waals surface area (Å²) in [7, 11) is 0. The molecule has 1 unspecified atom stereocenters. The number of halogens is 1. The Morgan fingerprint density at radius 2 is 1.50 bits per heavy atom. The van der Waals surface area contributed by atoms with E-state index in [1.54, 1.807) is 0 Å². The maximum Gasteiger partial charge on any atom is 0.289 e. The second kappa shape index (κ2) is 18.6. The van der Waals surface area contributed by atoms with Gasteiger partial charge in [-0.3, -0.25) is 14.9 Å². The second-order valence-electron chi connectivity index (χ2n) is 10.1. The SMILES string of the molecule is CCCCCCCCCCCCCCCc1cccc(OC(CC)C(=O)Nc2ccc(Cl)c([N+](=O)[O-])c2)c1. The van der Waals surface area contributed by atoms with Crippen molar-refractivity contribution >= 4 is 28.9 Å². The molecule has 0 bridgehead atoms. The minimum absolute atomic E-state index is 0.0246. The third kappa shape index (κ3) is 12.3. The van der Waals surface area contributed by atoms with E-state index < -0.39 is 11.0 Å². The fraction of sp³-hybridized carbons (Fsp3) is 0.581. The summed E-state index contributed by atoms with van der Waals surface area (Å²) in [6.45, 7) is 4.13. The van der Waals surface area contributed by atoms with Gasteiger partial charge in [-0.1, -0.05) is 115 Å². The number of unbranched alkanes of at least 4 members (excludes halogenated alkanes) is 12. The molecule has 0 saturated heterocycles. The summed E-state index contributed by atoms with van der Waals surface area (Å²) in [6.07, 6.45) is 18.1. The van der Waals surface area contributed by atoms with Crippen molar-refractivity contribution in [2.45, 2.75) is 116 Å². The summed E-state index contributed by atoms with van der Waals surface area (Å²) in [5, 5.41) is 13.8. The summed E-state index contributed by atoms with van der Waals surface area (Å²) in [5.41, 5.74) is 1.26. The van der Waals surface area contributed by atoms with Crippen molar-refractivity contribution in [2.24, 2.45) is 0 Å². The molecule has 1 amide bonds. The smallest absolute Gasteiger partial charge is 0.289 e. The fourth-order valence-corrected chi connectivity index (χ4v) is 4.75. The van der Waals surface area contributed by atoms with E-state index in [4.69, 9.17) is 16.3 Å². The summed E-state index contributed by atoms with van der Waals surface area (Å²) in [6, 6.07) is 12.1. The monoisotopic (exact) mass is 544 g/mol. The van der Waals surface area contributed by atoms with Crippen LogP contribution in [0, 0.1) is 10.1 Å². The normalized spacial score (nSPS) is 11.8. The molecule has 0 saturated carbocycles. The zero-order valence-corrected chi connectivity index (χ0v) is 23.9. The maximum atomic E-state index is 12.8. The number of rotatable bonds is 20. The lowest BCUT2D eigenvalue weighted by Crippen LogP contribution is -2.32. The standard InChI is InChI=1S/C31H45ClN2O4/c1-3-5-6-7-8-9-10-11-12-13-14-15-16-18-25-19-17-20-27(23-25)38-30(4-2)31(35)33-26-21-22-28(32)29(24-26)34(36)37/h17,19-24,30H,3-16,18H2,1-2H3,(H,33,35). The highest BCUT2D eigenvalue weighted by molar-refractivity contribution is 6.32. The molecule has 0 aliphatic carbocycles. The first-order valence-corrected chi connectivity index (χ1v) is 14.8. The largest absolute Gasteiger partial charge is 0.481 e. The van der Waals surface area contributed by atoms with Crippen molar-refractivity contribution in [3.63, 3.8) is 0 Å². The van der Waals surface area contributed by atoms with Gasteiger partial charge in [0.1, 0.15) is 10.8 Å². The number of amides is 1.